The molecular formula is C19H21NO5. The van der Waals surface area contributed by atoms with Gasteiger partial charge in [-0.25, -0.2) is 9.59 Å². The third kappa shape index (κ3) is 4.65. The predicted molar refractivity (Wildman–Crippen MR) is 93.5 cm³/mol. The highest BCUT2D eigenvalue weighted by Gasteiger charge is 2.28. The average molecular weight is 343 g/mol. The van der Waals surface area contributed by atoms with Gasteiger partial charge in [0.25, 0.3) is 0 Å². The van der Waals surface area contributed by atoms with Crippen molar-refractivity contribution in [3.05, 3.63) is 59.7 Å². The van der Waals surface area contributed by atoms with E-state index >= 15 is 0 Å². The van der Waals surface area contributed by atoms with E-state index in [1.54, 1.807) is 0 Å². The summed E-state index contributed by atoms with van der Waals surface area (Å²) in [5, 5.41) is 14.8. The molecule has 0 unspecified atom stereocenters. The fourth-order valence-corrected chi connectivity index (χ4v) is 2.64. The standard InChI is InChI=1S/C17H19NO.C2H2O4/c1-18(2)11-12-19-17-15-9-5-3-7-13(15)14-8-4-6-10-16(14)17;3-1(4)2(5)6/h3-10,17H,11-12H2,1-2H3;(H,3,4)(H,5,6). The monoisotopic (exact) mass is 343 g/mol. The molecule has 0 saturated heterocycles. The quantitative estimate of drug-likeness (QED) is 0.830. The molecule has 6 heteroatoms. The molecular weight excluding hydrogens is 322 g/mol. The van der Waals surface area contributed by atoms with E-state index in [2.05, 4.69) is 67.5 Å². The number of ether oxygens (including phenoxy) is 1. The fourth-order valence-electron chi connectivity index (χ4n) is 2.64. The van der Waals surface area contributed by atoms with Crippen LogP contribution in [0.25, 0.3) is 11.1 Å². The van der Waals surface area contributed by atoms with Crippen molar-refractivity contribution < 1.29 is 24.5 Å². The summed E-state index contributed by atoms with van der Waals surface area (Å²) in [7, 11) is 4.14. The first-order valence-electron chi connectivity index (χ1n) is 7.82. The zero-order chi connectivity index (χ0) is 18.4. The molecule has 0 amide bonds. The highest BCUT2D eigenvalue weighted by Crippen LogP contribution is 2.44. The number of likely N-dealkylation sites (N-methyl/N-ethyl adjacent to an activating group) is 1. The molecule has 2 aromatic carbocycles. The molecule has 0 atom stereocenters. The second-order valence-electron chi connectivity index (χ2n) is 5.84. The Kier molecular flexibility index (Phi) is 6.27. The van der Waals surface area contributed by atoms with Crippen LogP contribution in [0.5, 0.6) is 0 Å². The Bertz CT molecular complexity index is 699. The Balaban J connectivity index is 0.000000326. The minimum absolute atomic E-state index is 0.0901. The number of carbonyl (C=O) groups is 2. The zero-order valence-corrected chi connectivity index (χ0v) is 14.2. The molecule has 132 valence electrons. The molecule has 1 aliphatic carbocycles. The van der Waals surface area contributed by atoms with Crippen LogP contribution in [0.2, 0.25) is 0 Å². The highest BCUT2D eigenvalue weighted by atomic mass is 16.5. The van der Waals surface area contributed by atoms with E-state index < -0.39 is 11.9 Å². The van der Waals surface area contributed by atoms with Gasteiger partial charge in [-0.15, -0.1) is 0 Å². The molecule has 0 heterocycles. The van der Waals surface area contributed by atoms with Crippen molar-refractivity contribution in [1.29, 1.82) is 0 Å². The van der Waals surface area contributed by atoms with Gasteiger partial charge in [0.15, 0.2) is 0 Å². The lowest BCUT2D eigenvalue weighted by Crippen LogP contribution is -2.19. The lowest BCUT2D eigenvalue weighted by atomic mass is 10.1. The van der Waals surface area contributed by atoms with E-state index in [1.807, 2.05) is 0 Å². The Morgan fingerprint density at radius 1 is 0.920 bits per heavy atom. The summed E-state index contributed by atoms with van der Waals surface area (Å²) in [6.07, 6.45) is 0.0901. The Morgan fingerprint density at radius 2 is 1.36 bits per heavy atom. The third-order valence-electron chi connectivity index (χ3n) is 3.78. The van der Waals surface area contributed by atoms with Gasteiger partial charge < -0.3 is 19.8 Å². The van der Waals surface area contributed by atoms with Crippen molar-refractivity contribution in [2.75, 3.05) is 27.2 Å². The first-order chi connectivity index (χ1) is 11.9. The minimum Gasteiger partial charge on any atom is -0.473 e. The first-order valence-corrected chi connectivity index (χ1v) is 7.82. The number of carboxylic acids is 2. The van der Waals surface area contributed by atoms with Crippen LogP contribution in [0, 0.1) is 0 Å². The molecule has 2 N–H and O–H groups in total. The van der Waals surface area contributed by atoms with Gasteiger partial charge in [-0.05, 0) is 36.3 Å². The molecule has 0 saturated carbocycles. The maximum Gasteiger partial charge on any atom is 0.414 e. The largest absolute Gasteiger partial charge is 0.473 e. The molecule has 0 spiro atoms. The molecule has 0 aromatic heterocycles. The minimum atomic E-state index is -1.82. The van der Waals surface area contributed by atoms with Crippen LogP contribution in [0.4, 0.5) is 0 Å². The summed E-state index contributed by atoms with van der Waals surface area (Å²) in [4.78, 5) is 20.3. The van der Waals surface area contributed by atoms with Gasteiger partial charge in [0.2, 0.25) is 0 Å². The van der Waals surface area contributed by atoms with E-state index in [4.69, 9.17) is 24.5 Å². The Labute approximate surface area is 146 Å². The molecule has 25 heavy (non-hydrogen) atoms. The van der Waals surface area contributed by atoms with E-state index in [0.717, 1.165) is 13.2 Å². The average Bonchev–Trinajstić information content (AvgIpc) is 2.90. The van der Waals surface area contributed by atoms with Crippen molar-refractivity contribution in [2.24, 2.45) is 0 Å². The van der Waals surface area contributed by atoms with Gasteiger partial charge >= 0.3 is 11.9 Å². The summed E-state index contributed by atoms with van der Waals surface area (Å²) >= 11 is 0. The second kappa shape index (κ2) is 8.41. The van der Waals surface area contributed by atoms with Gasteiger partial charge in [0.1, 0.15) is 6.10 Å². The first kappa shape index (κ1) is 18.6. The fraction of sp³-hybridized carbons (Fsp3) is 0.263. The maximum atomic E-state index is 9.10. The predicted octanol–water partition coefficient (Wildman–Crippen LogP) is 2.49. The lowest BCUT2D eigenvalue weighted by Gasteiger charge is -2.17. The van der Waals surface area contributed by atoms with Crippen LogP contribution in [-0.4, -0.2) is 54.3 Å². The summed E-state index contributed by atoms with van der Waals surface area (Å²) in [6.45, 7) is 1.70. The number of hydrogen-bond donors (Lipinski definition) is 2. The van der Waals surface area contributed by atoms with Crippen molar-refractivity contribution in [3.63, 3.8) is 0 Å². The van der Waals surface area contributed by atoms with E-state index in [9.17, 15) is 0 Å². The Morgan fingerprint density at radius 3 is 1.76 bits per heavy atom. The Hall–Kier alpha value is -2.70. The molecule has 3 rings (SSSR count). The van der Waals surface area contributed by atoms with Crippen molar-refractivity contribution in [2.45, 2.75) is 6.10 Å². The van der Waals surface area contributed by atoms with Crippen molar-refractivity contribution in [3.8, 4) is 11.1 Å². The third-order valence-corrected chi connectivity index (χ3v) is 3.78. The molecule has 0 radical (unpaired) electrons. The van der Waals surface area contributed by atoms with E-state index in [1.165, 1.54) is 22.3 Å². The number of rotatable bonds is 4. The number of hydrogen-bond acceptors (Lipinski definition) is 4. The molecule has 0 fully saturated rings. The van der Waals surface area contributed by atoms with Gasteiger partial charge in [-0.3, -0.25) is 0 Å². The number of benzene rings is 2. The van der Waals surface area contributed by atoms with Crippen molar-refractivity contribution in [1.82, 2.24) is 4.90 Å². The zero-order valence-electron chi connectivity index (χ0n) is 14.2. The normalized spacial score (nSPS) is 12.1. The molecule has 2 aromatic rings. The highest BCUT2D eigenvalue weighted by molar-refractivity contribution is 6.27. The van der Waals surface area contributed by atoms with Crippen molar-refractivity contribution >= 4 is 11.9 Å². The van der Waals surface area contributed by atoms with Gasteiger partial charge in [-0.1, -0.05) is 48.5 Å². The van der Waals surface area contributed by atoms with Crippen LogP contribution >= 0.6 is 0 Å². The number of aliphatic carboxylic acids is 2. The number of nitrogens with zero attached hydrogens (tertiary/aromatic N) is 1. The summed E-state index contributed by atoms with van der Waals surface area (Å²) in [5.41, 5.74) is 5.21. The smallest absolute Gasteiger partial charge is 0.414 e. The second-order valence-corrected chi connectivity index (χ2v) is 5.84. The SMILES string of the molecule is CN(C)CCOC1c2ccccc2-c2ccccc21.O=C(O)C(=O)O. The molecule has 6 nitrogen and oxygen atoms in total. The summed E-state index contributed by atoms with van der Waals surface area (Å²) < 4.78 is 6.13. The van der Waals surface area contributed by atoms with Crippen LogP contribution in [0.1, 0.15) is 17.2 Å². The van der Waals surface area contributed by atoms with E-state index in [0.29, 0.717) is 0 Å². The maximum absolute atomic E-state index is 9.10. The number of fused-ring (bicyclic) bond motifs is 3. The molecule has 1 aliphatic rings. The molecule has 0 bridgehead atoms. The van der Waals surface area contributed by atoms with E-state index in [-0.39, 0.29) is 6.10 Å². The molecule has 0 aliphatic heterocycles. The van der Waals surface area contributed by atoms with Crippen LogP contribution in [0.15, 0.2) is 48.5 Å². The van der Waals surface area contributed by atoms with Gasteiger partial charge in [0.05, 0.1) is 6.61 Å². The number of carboxylic acid groups (broad SMARTS) is 2. The summed E-state index contributed by atoms with van der Waals surface area (Å²) in [6, 6.07) is 17.1. The lowest BCUT2D eigenvalue weighted by molar-refractivity contribution is -0.159. The summed E-state index contributed by atoms with van der Waals surface area (Å²) in [5.74, 6) is -3.65. The topological polar surface area (TPSA) is 87.1 Å². The van der Waals surface area contributed by atoms with Crippen LogP contribution in [0.3, 0.4) is 0 Å². The van der Waals surface area contributed by atoms with Gasteiger partial charge in [0, 0.05) is 6.54 Å². The van der Waals surface area contributed by atoms with Crippen LogP contribution in [-0.2, 0) is 14.3 Å². The van der Waals surface area contributed by atoms with Gasteiger partial charge in [-0.2, -0.15) is 0 Å². The van der Waals surface area contributed by atoms with Crippen LogP contribution < -0.4 is 0 Å².